The molecule has 7 heteroatoms. The number of rotatable bonds is 3. The monoisotopic (exact) mass is 240 g/mol. The van der Waals surface area contributed by atoms with Crippen molar-refractivity contribution in [2.45, 2.75) is 12.3 Å². The van der Waals surface area contributed by atoms with Gasteiger partial charge < -0.3 is 9.26 Å². The second-order valence-corrected chi connectivity index (χ2v) is 3.69. The third-order valence-electron chi connectivity index (χ3n) is 1.86. The Balaban J connectivity index is 2.28. The predicted molar refractivity (Wildman–Crippen MR) is 56.1 cm³/mol. The van der Waals surface area contributed by atoms with E-state index in [1.165, 1.54) is 7.11 Å². The summed E-state index contributed by atoms with van der Waals surface area (Å²) in [6, 6.07) is 3.36. The van der Waals surface area contributed by atoms with E-state index in [1.807, 2.05) is 0 Å². The minimum absolute atomic E-state index is 0.326. The zero-order valence-electron chi connectivity index (χ0n) is 8.72. The first-order valence-corrected chi connectivity index (χ1v) is 5.00. The molecule has 0 bridgehead atoms. The van der Waals surface area contributed by atoms with Gasteiger partial charge in [-0.2, -0.15) is 4.98 Å². The summed E-state index contributed by atoms with van der Waals surface area (Å²) in [5.41, 5.74) is 0.508. The molecule has 0 spiro atoms. The molecule has 0 N–H and O–H groups in total. The lowest BCUT2D eigenvalue weighted by Gasteiger charge is -1.96. The Bertz CT molecular complexity index is 469. The van der Waals surface area contributed by atoms with Gasteiger partial charge in [0.25, 0.3) is 0 Å². The molecular formula is C9H9ClN4O2. The van der Waals surface area contributed by atoms with Crippen molar-refractivity contribution in [3.63, 3.8) is 0 Å². The molecule has 84 valence electrons. The van der Waals surface area contributed by atoms with Crippen LogP contribution in [0.3, 0.4) is 0 Å². The number of nitrogens with zero attached hydrogens (tertiary/aromatic N) is 4. The molecule has 0 saturated carbocycles. The van der Waals surface area contributed by atoms with Crippen LogP contribution in [0, 0.1) is 0 Å². The van der Waals surface area contributed by atoms with Crippen LogP contribution in [-0.4, -0.2) is 27.4 Å². The molecule has 6 nitrogen and oxygen atoms in total. The predicted octanol–water partition coefficient (Wildman–Crippen LogP) is 1.83. The van der Waals surface area contributed by atoms with Gasteiger partial charge in [-0.15, -0.1) is 21.8 Å². The van der Waals surface area contributed by atoms with Crippen molar-refractivity contribution in [1.29, 1.82) is 0 Å². The highest BCUT2D eigenvalue weighted by molar-refractivity contribution is 6.20. The van der Waals surface area contributed by atoms with Gasteiger partial charge >= 0.3 is 0 Å². The van der Waals surface area contributed by atoms with Gasteiger partial charge in [-0.1, -0.05) is 5.16 Å². The molecule has 0 saturated heterocycles. The topological polar surface area (TPSA) is 73.9 Å². The molecule has 1 atom stereocenters. The zero-order chi connectivity index (χ0) is 11.5. The van der Waals surface area contributed by atoms with E-state index in [4.69, 9.17) is 20.9 Å². The first-order chi connectivity index (χ1) is 7.70. The van der Waals surface area contributed by atoms with Gasteiger partial charge in [-0.3, -0.25) is 0 Å². The fourth-order valence-corrected chi connectivity index (χ4v) is 1.14. The molecule has 0 aliphatic heterocycles. The van der Waals surface area contributed by atoms with E-state index in [9.17, 15) is 0 Å². The van der Waals surface area contributed by atoms with Crippen LogP contribution in [0.2, 0.25) is 0 Å². The van der Waals surface area contributed by atoms with E-state index in [0.29, 0.717) is 23.3 Å². The number of hydrogen-bond acceptors (Lipinski definition) is 6. The van der Waals surface area contributed by atoms with E-state index >= 15 is 0 Å². The fourth-order valence-electron chi connectivity index (χ4n) is 1.05. The molecular weight excluding hydrogens is 232 g/mol. The summed E-state index contributed by atoms with van der Waals surface area (Å²) in [7, 11) is 1.52. The van der Waals surface area contributed by atoms with Crippen molar-refractivity contribution in [2.24, 2.45) is 0 Å². The fraction of sp³-hybridized carbons (Fsp3) is 0.333. The lowest BCUT2D eigenvalue weighted by atomic mass is 10.4. The van der Waals surface area contributed by atoms with Gasteiger partial charge in [0.05, 0.1) is 7.11 Å². The highest BCUT2D eigenvalue weighted by Crippen LogP contribution is 2.20. The maximum Gasteiger partial charge on any atom is 0.244 e. The molecule has 0 aromatic carbocycles. The molecule has 1 unspecified atom stereocenters. The van der Waals surface area contributed by atoms with Crippen molar-refractivity contribution in [1.82, 2.24) is 20.3 Å². The third kappa shape index (κ3) is 2.11. The van der Waals surface area contributed by atoms with Crippen molar-refractivity contribution < 1.29 is 9.26 Å². The number of methoxy groups -OCH3 is 1. The Morgan fingerprint density at radius 2 is 2.19 bits per heavy atom. The lowest BCUT2D eigenvalue weighted by molar-refractivity contribution is 0.379. The molecule has 2 aromatic rings. The maximum absolute atomic E-state index is 5.80. The average molecular weight is 241 g/mol. The van der Waals surface area contributed by atoms with Gasteiger partial charge in [0.15, 0.2) is 0 Å². The smallest absolute Gasteiger partial charge is 0.244 e. The number of alkyl halides is 1. The van der Waals surface area contributed by atoms with E-state index in [0.717, 1.165) is 0 Å². The summed E-state index contributed by atoms with van der Waals surface area (Å²) in [6.45, 7) is 1.75. The van der Waals surface area contributed by atoms with Crippen molar-refractivity contribution in [3.05, 3.63) is 18.0 Å². The normalized spacial score (nSPS) is 12.4. The molecule has 2 rings (SSSR count). The summed E-state index contributed by atoms with van der Waals surface area (Å²) in [4.78, 5) is 4.08. The molecule has 0 amide bonds. The number of aromatic nitrogens is 4. The highest BCUT2D eigenvalue weighted by atomic mass is 35.5. The second kappa shape index (κ2) is 4.44. The molecule has 0 radical (unpaired) electrons. The number of halogens is 1. The van der Waals surface area contributed by atoms with Crippen LogP contribution in [-0.2, 0) is 0 Å². The lowest BCUT2D eigenvalue weighted by Crippen LogP contribution is -1.93. The molecule has 0 aliphatic carbocycles. The van der Waals surface area contributed by atoms with Crippen LogP contribution in [0.4, 0.5) is 0 Å². The van der Waals surface area contributed by atoms with Crippen LogP contribution < -0.4 is 4.74 Å². The number of ether oxygens (including phenoxy) is 1. The van der Waals surface area contributed by atoms with E-state index < -0.39 is 0 Å². The highest BCUT2D eigenvalue weighted by Gasteiger charge is 2.13. The molecule has 0 fully saturated rings. The van der Waals surface area contributed by atoms with Crippen LogP contribution >= 0.6 is 11.6 Å². The standard InChI is InChI=1S/C9H9ClN4O2/c1-5(10)9-11-8(14-16-9)6-3-4-7(15-2)13-12-6/h3-5H,1-2H3. The first-order valence-electron chi connectivity index (χ1n) is 4.56. The molecule has 2 aromatic heterocycles. The van der Waals surface area contributed by atoms with Crippen molar-refractivity contribution in [3.8, 4) is 17.4 Å². The summed E-state index contributed by atoms with van der Waals surface area (Å²) >= 11 is 5.80. The molecule has 16 heavy (non-hydrogen) atoms. The minimum Gasteiger partial charge on any atom is -0.480 e. The summed E-state index contributed by atoms with van der Waals surface area (Å²) in [5.74, 6) is 1.14. The van der Waals surface area contributed by atoms with Crippen LogP contribution in [0.15, 0.2) is 16.7 Å². The molecule has 2 heterocycles. The van der Waals surface area contributed by atoms with Gasteiger partial charge in [-0.05, 0) is 13.0 Å². The van der Waals surface area contributed by atoms with Crippen molar-refractivity contribution in [2.75, 3.05) is 7.11 Å². The Kier molecular flexibility index (Phi) is 3.00. The average Bonchev–Trinajstić information content (AvgIpc) is 2.78. The van der Waals surface area contributed by atoms with E-state index in [2.05, 4.69) is 20.3 Å². The molecule has 0 aliphatic rings. The maximum atomic E-state index is 5.80. The SMILES string of the molecule is COc1ccc(-c2noc(C(C)Cl)n2)nn1. The largest absolute Gasteiger partial charge is 0.480 e. The Labute approximate surface area is 96.6 Å². The van der Waals surface area contributed by atoms with Gasteiger partial charge in [0.1, 0.15) is 11.1 Å². The van der Waals surface area contributed by atoms with E-state index in [1.54, 1.807) is 19.1 Å². The van der Waals surface area contributed by atoms with Gasteiger partial charge in [0, 0.05) is 6.07 Å². The Morgan fingerprint density at radius 1 is 1.38 bits per heavy atom. The minimum atomic E-state index is -0.326. The second-order valence-electron chi connectivity index (χ2n) is 3.03. The van der Waals surface area contributed by atoms with Crippen LogP contribution in [0.5, 0.6) is 5.88 Å². The first kappa shape index (κ1) is 10.8. The third-order valence-corrected chi connectivity index (χ3v) is 2.05. The summed E-state index contributed by atoms with van der Waals surface area (Å²) < 4.78 is 9.83. The summed E-state index contributed by atoms with van der Waals surface area (Å²) in [5, 5.41) is 11.1. The van der Waals surface area contributed by atoms with Crippen LogP contribution in [0.25, 0.3) is 11.5 Å². The Hall–Kier alpha value is -1.69. The van der Waals surface area contributed by atoms with Gasteiger partial charge in [0.2, 0.25) is 17.6 Å². The number of hydrogen-bond donors (Lipinski definition) is 0. The zero-order valence-corrected chi connectivity index (χ0v) is 9.47. The van der Waals surface area contributed by atoms with Gasteiger partial charge in [-0.25, -0.2) is 0 Å². The van der Waals surface area contributed by atoms with E-state index in [-0.39, 0.29) is 5.38 Å². The summed E-state index contributed by atoms with van der Waals surface area (Å²) in [6.07, 6.45) is 0. The Morgan fingerprint density at radius 3 is 2.69 bits per heavy atom. The van der Waals surface area contributed by atoms with Crippen LogP contribution in [0.1, 0.15) is 18.2 Å². The van der Waals surface area contributed by atoms with Crippen molar-refractivity contribution >= 4 is 11.6 Å². The quantitative estimate of drug-likeness (QED) is 0.762.